The fourth-order valence-electron chi connectivity index (χ4n) is 2.63. The van der Waals surface area contributed by atoms with Crippen LogP contribution in [0.5, 0.6) is 5.75 Å². The van der Waals surface area contributed by atoms with Crippen molar-refractivity contribution in [3.8, 4) is 5.75 Å². The number of ether oxygens (including phenoxy) is 1. The first-order valence-corrected chi connectivity index (χ1v) is 11.3. The lowest BCUT2D eigenvalue weighted by molar-refractivity contribution is -0.120. The van der Waals surface area contributed by atoms with Crippen LogP contribution in [0.2, 0.25) is 5.02 Å². The first-order chi connectivity index (χ1) is 14.0. The van der Waals surface area contributed by atoms with E-state index in [1.807, 2.05) is 43.1 Å². The van der Waals surface area contributed by atoms with Gasteiger partial charge in [0.25, 0.3) is 0 Å². The Hall–Kier alpha value is -2.13. The van der Waals surface area contributed by atoms with Gasteiger partial charge in [0, 0.05) is 26.3 Å². The number of likely N-dealkylation sites (N-methyl/N-ethyl adjacent to an activating group) is 1. The third-order valence-corrected chi connectivity index (χ3v) is 7.00. The third-order valence-electron chi connectivity index (χ3n) is 4.70. The number of anilines is 1. The average Bonchev–Trinajstić information content (AvgIpc) is 2.68. The number of rotatable bonds is 9. The van der Waals surface area contributed by atoms with Crippen molar-refractivity contribution in [1.82, 2.24) is 9.21 Å². The number of hydrogen-bond acceptors (Lipinski definition) is 5. The molecule has 30 heavy (non-hydrogen) atoms. The Bertz CT molecular complexity index is 995. The molecule has 7 nitrogen and oxygen atoms in total. The van der Waals surface area contributed by atoms with Gasteiger partial charge in [0.2, 0.25) is 15.9 Å². The van der Waals surface area contributed by atoms with E-state index < -0.39 is 16.1 Å². The van der Waals surface area contributed by atoms with Crippen LogP contribution < -0.4 is 10.1 Å². The maximum Gasteiger partial charge on any atom is 0.244 e. The van der Waals surface area contributed by atoms with Gasteiger partial charge >= 0.3 is 0 Å². The van der Waals surface area contributed by atoms with E-state index in [-0.39, 0.29) is 15.8 Å². The number of aryl methyl sites for hydroxylation is 1. The van der Waals surface area contributed by atoms with Gasteiger partial charge in [0.1, 0.15) is 17.3 Å². The number of amides is 1. The lowest BCUT2D eigenvalue weighted by Crippen LogP contribution is -2.41. The summed E-state index contributed by atoms with van der Waals surface area (Å²) in [5.74, 6) is 0.528. The Morgan fingerprint density at radius 2 is 1.87 bits per heavy atom. The molecule has 0 saturated heterocycles. The highest BCUT2D eigenvalue weighted by Crippen LogP contribution is 2.27. The molecule has 0 aliphatic heterocycles. The van der Waals surface area contributed by atoms with E-state index in [0.717, 1.165) is 15.6 Å². The summed E-state index contributed by atoms with van der Waals surface area (Å²) in [7, 11) is 0.953. The molecule has 0 bridgehead atoms. The molecule has 2 rings (SSSR count). The van der Waals surface area contributed by atoms with Gasteiger partial charge in [-0.05, 0) is 56.8 Å². The molecule has 0 saturated carbocycles. The van der Waals surface area contributed by atoms with Gasteiger partial charge in [-0.3, -0.25) is 9.69 Å². The molecule has 9 heteroatoms. The average molecular weight is 454 g/mol. The second kappa shape index (κ2) is 10.3. The van der Waals surface area contributed by atoms with E-state index in [9.17, 15) is 13.2 Å². The van der Waals surface area contributed by atoms with Gasteiger partial charge in [-0.2, -0.15) is 0 Å². The summed E-state index contributed by atoms with van der Waals surface area (Å²) < 4.78 is 31.6. The monoisotopic (exact) mass is 453 g/mol. The van der Waals surface area contributed by atoms with Crippen LogP contribution in [0.4, 0.5) is 5.69 Å². The van der Waals surface area contributed by atoms with Crippen molar-refractivity contribution in [2.24, 2.45) is 0 Å². The van der Waals surface area contributed by atoms with Crippen LogP contribution in [0.15, 0.2) is 47.4 Å². The van der Waals surface area contributed by atoms with Crippen LogP contribution in [-0.4, -0.2) is 63.9 Å². The molecule has 1 amide bonds. The number of hydrogen-bond donors (Lipinski definition) is 1. The third kappa shape index (κ3) is 6.18. The topological polar surface area (TPSA) is 79.0 Å². The smallest absolute Gasteiger partial charge is 0.244 e. The molecule has 1 unspecified atom stereocenters. The minimum absolute atomic E-state index is 0.0560. The van der Waals surface area contributed by atoms with Crippen molar-refractivity contribution in [3.05, 3.63) is 53.1 Å². The van der Waals surface area contributed by atoms with Crippen LogP contribution in [0.1, 0.15) is 12.5 Å². The molecular formula is C21H28ClN3O4S. The molecular weight excluding hydrogens is 426 g/mol. The SMILES string of the molecule is Cc1cccc(OCCN(C)C(C)C(=O)Nc2ccc(Cl)c(S(=O)(=O)N(C)C)c2)c1. The van der Waals surface area contributed by atoms with E-state index in [1.165, 1.54) is 26.2 Å². The molecule has 0 fully saturated rings. The molecule has 2 aromatic carbocycles. The lowest BCUT2D eigenvalue weighted by Gasteiger charge is -2.24. The van der Waals surface area contributed by atoms with Gasteiger partial charge in [-0.15, -0.1) is 0 Å². The highest BCUT2D eigenvalue weighted by atomic mass is 35.5. The molecule has 0 heterocycles. The molecule has 164 valence electrons. The first kappa shape index (κ1) is 24.1. The molecule has 1 N–H and O–H groups in total. The van der Waals surface area contributed by atoms with Crippen molar-refractivity contribution >= 4 is 33.2 Å². The van der Waals surface area contributed by atoms with Crippen LogP contribution in [0.25, 0.3) is 0 Å². The Kier molecular flexibility index (Phi) is 8.25. The van der Waals surface area contributed by atoms with Crippen molar-refractivity contribution < 1.29 is 17.9 Å². The Morgan fingerprint density at radius 3 is 2.50 bits per heavy atom. The van der Waals surface area contributed by atoms with Gasteiger partial charge < -0.3 is 10.1 Å². The minimum Gasteiger partial charge on any atom is -0.492 e. The number of carbonyl (C=O) groups is 1. The molecule has 0 radical (unpaired) electrons. The predicted molar refractivity (Wildman–Crippen MR) is 120 cm³/mol. The zero-order chi connectivity index (χ0) is 22.5. The normalized spacial score (nSPS) is 12.8. The van der Waals surface area contributed by atoms with E-state index in [1.54, 1.807) is 13.0 Å². The van der Waals surface area contributed by atoms with Gasteiger partial charge in [-0.25, -0.2) is 12.7 Å². The Balaban J connectivity index is 1.98. The number of benzene rings is 2. The van der Waals surface area contributed by atoms with Crippen molar-refractivity contribution in [2.75, 3.05) is 39.6 Å². The summed E-state index contributed by atoms with van der Waals surface area (Å²) in [5, 5.41) is 2.85. The number of nitrogens with one attached hydrogen (secondary N) is 1. The summed E-state index contributed by atoms with van der Waals surface area (Å²) in [6.07, 6.45) is 0. The lowest BCUT2D eigenvalue weighted by atomic mass is 10.2. The van der Waals surface area contributed by atoms with Crippen LogP contribution in [0.3, 0.4) is 0 Å². The maximum atomic E-state index is 12.6. The van der Waals surface area contributed by atoms with E-state index in [2.05, 4.69) is 5.32 Å². The number of nitrogens with zero attached hydrogens (tertiary/aromatic N) is 2. The van der Waals surface area contributed by atoms with E-state index in [0.29, 0.717) is 18.8 Å². The fourth-order valence-corrected chi connectivity index (χ4v) is 4.02. The standard InChI is InChI=1S/C21H28ClN3O4S/c1-15-7-6-8-18(13-15)29-12-11-25(5)16(2)21(26)23-17-9-10-19(22)20(14-17)30(27,28)24(3)4/h6-10,13-14,16H,11-12H2,1-5H3,(H,23,26). The van der Waals surface area contributed by atoms with Crippen LogP contribution >= 0.6 is 11.6 Å². The molecule has 0 aliphatic carbocycles. The maximum absolute atomic E-state index is 12.6. The number of halogens is 1. The van der Waals surface area contributed by atoms with Gasteiger partial charge in [-0.1, -0.05) is 23.7 Å². The largest absolute Gasteiger partial charge is 0.492 e. The summed E-state index contributed by atoms with van der Waals surface area (Å²) in [6.45, 7) is 4.75. The molecule has 0 aliphatic rings. The number of carbonyl (C=O) groups excluding carboxylic acids is 1. The first-order valence-electron chi connectivity index (χ1n) is 9.45. The molecule has 0 aromatic heterocycles. The van der Waals surface area contributed by atoms with E-state index >= 15 is 0 Å². The Labute approximate surface area is 183 Å². The van der Waals surface area contributed by atoms with E-state index in [4.69, 9.17) is 16.3 Å². The summed E-state index contributed by atoms with van der Waals surface area (Å²) in [6, 6.07) is 11.7. The van der Waals surface area contributed by atoms with Gasteiger partial charge in [0.15, 0.2) is 0 Å². The zero-order valence-corrected chi connectivity index (χ0v) is 19.4. The van der Waals surface area contributed by atoms with Crippen LogP contribution in [-0.2, 0) is 14.8 Å². The highest BCUT2D eigenvalue weighted by Gasteiger charge is 2.23. The van der Waals surface area contributed by atoms with Gasteiger partial charge in [0.05, 0.1) is 11.1 Å². The summed E-state index contributed by atoms with van der Waals surface area (Å²) in [5.41, 5.74) is 1.48. The van der Waals surface area contributed by atoms with Crippen molar-refractivity contribution in [3.63, 3.8) is 0 Å². The van der Waals surface area contributed by atoms with Crippen molar-refractivity contribution in [2.45, 2.75) is 24.8 Å². The fraction of sp³-hybridized carbons (Fsp3) is 0.381. The summed E-state index contributed by atoms with van der Waals surface area (Å²) in [4.78, 5) is 14.4. The second-order valence-corrected chi connectivity index (χ2v) is 9.77. The minimum atomic E-state index is -3.72. The predicted octanol–water partition coefficient (Wildman–Crippen LogP) is 3.24. The van der Waals surface area contributed by atoms with Crippen LogP contribution in [0, 0.1) is 6.92 Å². The Morgan fingerprint density at radius 1 is 1.17 bits per heavy atom. The molecule has 0 spiro atoms. The summed E-state index contributed by atoms with van der Waals surface area (Å²) >= 11 is 6.05. The molecule has 2 aromatic rings. The van der Waals surface area contributed by atoms with Crippen molar-refractivity contribution in [1.29, 1.82) is 0 Å². The molecule has 1 atom stereocenters. The number of sulfonamides is 1. The second-order valence-electron chi connectivity index (χ2n) is 7.24. The zero-order valence-electron chi connectivity index (χ0n) is 17.8. The highest BCUT2D eigenvalue weighted by molar-refractivity contribution is 7.89. The quantitative estimate of drug-likeness (QED) is 0.630.